The van der Waals surface area contributed by atoms with Crippen LogP contribution in [0, 0.1) is 12.2 Å². The number of benzene rings is 10. The molecule has 0 saturated heterocycles. The van der Waals surface area contributed by atoms with E-state index in [1.807, 2.05) is 146 Å². The van der Waals surface area contributed by atoms with Crippen LogP contribution >= 0.6 is 0 Å². The molecule has 0 saturated carbocycles. The van der Waals surface area contributed by atoms with E-state index >= 15 is 0 Å². The first-order chi connectivity index (χ1) is 36.4. The molecule has 0 aromatic heterocycles. The number of phenolic OH excluding ortho intramolecular Hbond substituents is 2. The molecular formula is C72H64O2Ti. The molecule has 0 spiro atoms. The first kappa shape index (κ1) is 54.8. The van der Waals surface area contributed by atoms with Crippen LogP contribution in [0.15, 0.2) is 266 Å². The Balaban J connectivity index is 0.000000179. The van der Waals surface area contributed by atoms with Gasteiger partial charge in [-0.15, -0.1) is 25.7 Å². The Morgan fingerprint density at radius 2 is 0.453 bits per heavy atom. The van der Waals surface area contributed by atoms with Crippen molar-refractivity contribution in [1.82, 2.24) is 0 Å². The van der Waals surface area contributed by atoms with Crippen LogP contribution in [0.5, 0.6) is 11.5 Å². The Morgan fingerprint density at radius 3 is 0.613 bits per heavy atom. The molecule has 0 atom stereocenters. The van der Waals surface area contributed by atoms with Crippen molar-refractivity contribution in [3.63, 3.8) is 0 Å². The van der Waals surface area contributed by atoms with E-state index in [0.29, 0.717) is 11.5 Å². The fourth-order valence-electron chi connectivity index (χ4n) is 9.62. The van der Waals surface area contributed by atoms with Crippen molar-refractivity contribution in [2.24, 2.45) is 0 Å². The summed E-state index contributed by atoms with van der Waals surface area (Å²) in [6.45, 7) is 8.64. The van der Waals surface area contributed by atoms with Gasteiger partial charge in [-0.3, -0.25) is 0 Å². The number of allylic oxidation sites excluding steroid dienone is 4. The van der Waals surface area contributed by atoms with E-state index < -0.39 is 0 Å². The summed E-state index contributed by atoms with van der Waals surface area (Å²) in [5, 5.41) is 23.6. The summed E-state index contributed by atoms with van der Waals surface area (Å²) >= 11 is 0. The third-order valence-electron chi connectivity index (χ3n) is 13.0. The summed E-state index contributed by atoms with van der Waals surface area (Å²) in [5.74, 6) is 0.607. The maximum Gasteiger partial charge on any atom is 2.00 e. The zero-order valence-electron chi connectivity index (χ0n) is 43.5. The molecule has 0 aliphatic carbocycles. The molecular weight excluding hydrogens is 945 g/mol. The Hall–Kier alpha value is -8.01. The normalized spacial score (nSPS) is 11.0. The Kier molecular flexibility index (Phi) is 20.4. The topological polar surface area (TPSA) is 40.5 Å². The van der Waals surface area contributed by atoms with E-state index in [1.165, 1.54) is 11.1 Å². The van der Waals surface area contributed by atoms with Crippen LogP contribution in [-0.4, -0.2) is 10.2 Å². The predicted molar refractivity (Wildman–Crippen MR) is 314 cm³/mol. The van der Waals surface area contributed by atoms with Crippen LogP contribution in [0.25, 0.3) is 89.0 Å². The van der Waals surface area contributed by atoms with Gasteiger partial charge in [0, 0.05) is 22.3 Å². The number of rotatable bonds is 13. The molecule has 0 heterocycles. The molecule has 0 bridgehead atoms. The molecule has 10 rings (SSSR count). The van der Waals surface area contributed by atoms with E-state index in [9.17, 15) is 10.2 Å². The molecule has 75 heavy (non-hydrogen) atoms. The van der Waals surface area contributed by atoms with Crippen molar-refractivity contribution < 1.29 is 31.9 Å². The molecule has 0 aliphatic rings. The van der Waals surface area contributed by atoms with Crippen LogP contribution in [0.1, 0.15) is 53.4 Å². The molecule has 10 aromatic carbocycles. The van der Waals surface area contributed by atoms with E-state index in [-0.39, 0.29) is 21.7 Å². The molecule has 0 fully saturated rings. The summed E-state index contributed by atoms with van der Waals surface area (Å²) in [4.78, 5) is 0. The van der Waals surface area contributed by atoms with E-state index in [2.05, 4.69) is 149 Å². The molecule has 0 aliphatic heterocycles. The van der Waals surface area contributed by atoms with Gasteiger partial charge in [-0.1, -0.05) is 270 Å². The van der Waals surface area contributed by atoms with E-state index in [0.717, 1.165) is 115 Å². The molecule has 0 radical (unpaired) electrons. The van der Waals surface area contributed by atoms with Gasteiger partial charge < -0.3 is 33.5 Å². The van der Waals surface area contributed by atoms with Crippen molar-refractivity contribution in [2.75, 3.05) is 0 Å². The van der Waals surface area contributed by atoms with Crippen LogP contribution < -0.4 is 0 Å². The monoisotopic (exact) mass is 1010 g/mol. The molecule has 2 nitrogen and oxygen atoms in total. The maximum atomic E-state index is 11.8. The maximum absolute atomic E-state index is 11.8. The van der Waals surface area contributed by atoms with Gasteiger partial charge in [0.2, 0.25) is 0 Å². The Labute approximate surface area is 461 Å². The average Bonchev–Trinajstić information content (AvgIpc) is 3.48. The number of phenols is 2. The molecule has 0 unspecified atom stereocenters. The van der Waals surface area contributed by atoms with Crippen molar-refractivity contribution in [2.45, 2.75) is 53.4 Å². The van der Waals surface area contributed by atoms with Gasteiger partial charge in [0.15, 0.2) is 0 Å². The van der Waals surface area contributed by atoms with Gasteiger partial charge in [-0.2, -0.15) is 0 Å². The smallest absolute Gasteiger partial charge is 0.507 e. The second kappa shape index (κ2) is 27.9. The van der Waals surface area contributed by atoms with Gasteiger partial charge in [0.05, 0.1) is 0 Å². The second-order valence-electron chi connectivity index (χ2n) is 17.8. The standard InChI is InChI=1S/2C30H22O.C12H20.Ti/c2*31-30-28(24-17-9-3-10-18-24)26(22-13-5-1-6-14-22)21-27(23-15-7-2-8-16-23)29(30)25-19-11-4-12-20-25;1-5-9-11(7-3)12(8-4)10-6-2;/h2*1-21,31H;5-8H2,1-4H3;/q;;-2;+2. The summed E-state index contributed by atoms with van der Waals surface area (Å²) in [6, 6.07) is 86.1. The van der Waals surface area contributed by atoms with E-state index in [4.69, 9.17) is 0 Å². The quantitative estimate of drug-likeness (QED) is 0.0686. The third-order valence-corrected chi connectivity index (χ3v) is 13.0. The SMILES string of the molecule is CC[C-]=C(CC)C(=[C-]CC)CC.Oc1c(-c2ccccc2)c(-c2ccccc2)cc(-c2ccccc2)c1-c1ccccc1.Oc1c(-c2ccccc2)c(-c2ccccc2)cc(-c2ccccc2)c1-c1ccccc1.[Ti+2]. The molecule has 10 aromatic rings. The number of hydrogen-bond acceptors (Lipinski definition) is 2. The first-order valence-corrected chi connectivity index (χ1v) is 25.9. The van der Waals surface area contributed by atoms with Crippen molar-refractivity contribution in [3.05, 3.63) is 278 Å². The van der Waals surface area contributed by atoms with Crippen molar-refractivity contribution >= 4 is 0 Å². The van der Waals surface area contributed by atoms with Gasteiger partial charge in [0.25, 0.3) is 0 Å². The number of aromatic hydroxyl groups is 2. The fraction of sp³-hybridized carbons (Fsp3) is 0.111. The van der Waals surface area contributed by atoms with Crippen LogP contribution in [0.3, 0.4) is 0 Å². The predicted octanol–water partition coefficient (Wildman–Crippen LogP) is 20.2. The minimum absolute atomic E-state index is 0. The number of hydrogen-bond donors (Lipinski definition) is 2. The van der Waals surface area contributed by atoms with Crippen molar-refractivity contribution in [1.29, 1.82) is 0 Å². The van der Waals surface area contributed by atoms with Gasteiger partial charge in [0.1, 0.15) is 11.5 Å². The minimum atomic E-state index is 0. The summed E-state index contributed by atoms with van der Waals surface area (Å²) in [5.41, 5.74) is 18.5. The Morgan fingerprint density at radius 1 is 0.280 bits per heavy atom. The summed E-state index contributed by atoms with van der Waals surface area (Å²) in [7, 11) is 0. The first-order valence-electron chi connectivity index (χ1n) is 25.9. The molecule has 3 heteroatoms. The summed E-state index contributed by atoms with van der Waals surface area (Å²) in [6.07, 6.45) is 11.0. The Bertz CT molecular complexity index is 2940. The average molecular weight is 1010 g/mol. The molecule has 0 amide bonds. The van der Waals surface area contributed by atoms with Crippen LogP contribution in [0.4, 0.5) is 0 Å². The zero-order chi connectivity index (χ0) is 51.5. The van der Waals surface area contributed by atoms with Gasteiger partial charge in [-0.05, 0) is 78.9 Å². The molecule has 368 valence electrons. The van der Waals surface area contributed by atoms with Crippen molar-refractivity contribution in [3.8, 4) is 101 Å². The largest absolute Gasteiger partial charge is 2.00 e. The zero-order valence-corrected chi connectivity index (χ0v) is 45.0. The second-order valence-corrected chi connectivity index (χ2v) is 17.8. The van der Waals surface area contributed by atoms with E-state index in [1.54, 1.807) is 0 Å². The van der Waals surface area contributed by atoms with Crippen LogP contribution in [-0.2, 0) is 21.7 Å². The van der Waals surface area contributed by atoms with Crippen LogP contribution in [0.2, 0.25) is 0 Å². The molecule has 2 N–H and O–H groups in total. The minimum Gasteiger partial charge on any atom is -0.507 e. The fourth-order valence-corrected chi connectivity index (χ4v) is 9.62. The van der Waals surface area contributed by atoms with Gasteiger partial charge in [-0.25, -0.2) is 0 Å². The summed E-state index contributed by atoms with van der Waals surface area (Å²) < 4.78 is 0. The third kappa shape index (κ3) is 13.4. The van der Waals surface area contributed by atoms with Gasteiger partial charge >= 0.3 is 21.7 Å².